The van der Waals surface area contributed by atoms with Gasteiger partial charge in [-0.1, -0.05) is 12.2 Å². The number of nitrogens with zero attached hydrogens (tertiary/aromatic N) is 2. The largest absolute Gasteiger partial charge is 0.395 e. The number of aromatic nitrogens is 1. The predicted molar refractivity (Wildman–Crippen MR) is 72.3 cm³/mol. The Bertz CT molecular complexity index is 432. The van der Waals surface area contributed by atoms with Crippen LogP contribution in [0.5, 0.6) is 0 Å². The van der Waals surface area contributed by atoms with Crippen molar-refractivity contribution in [2.24, 2.45) is 5.73 Å². The van der Waals surface area contributed by atoms with Crippen molar-refractivity contribution >= 4 is 23.0 Å². The summed E-state index contributed by atoms with van der Waals surface area (Å²) in [4.78, 5) is 6.99. The van der Waals surface area contributed by atoms with Crippen molar-refractivity contribution in [1.29, 1.82) is 0 Å². The highest BCUT2D eigenvalue weighted by atomic mass is 32.1. The maximum absolute atomic E-state index is 9.14. The molecule has 0 bridgehead atoms. The molecule has 0 unspecified atom stereocenters. The second-order valence-electron chi connectivity index (χ2n) is 4.34. The Morgan fingerprint density at radius 2 is 2.29 bits per heavy atom. The minimum Gasteiger partial charge on any atom is -0.395 e. The number of rotatable bonds is 5. The Morgan fingerprint density at radius 1 is 1.59 bits per heavy atom. The molecule has 1 fully saturated rings. The van der Waals surface area contributed by atoms with E-state index in [0.29, 0.717) is 17.6 Å². The number of nitrogens with two attached hydrogens (primary N) is 1. The maximum atomic E-state index is 9.14. The van der Waals surface area contributed by atoms with Crippen molar-refractivity contribution in [3.05, 3.63) is 23.4 Å². The molecule has 1 aliphatic rings. The highest BCUT2D eigenvalue weighted by Gasteiger charge is 2.31. The first-order valence-corrected chi connectivity index (χ1v) is 6.19. The van der Waals surface area contributed by atoms with Crippen LogP contribution in [0.1, 0.15) is 24.1 Å². The number of aliphatic hydroxyl groups excluding tert-OH is 1. The molecule has 0 radical (unpaired) electrons. The summed E-state index contributed by atoms with van der Waals surface area (Å²) in [6.45, 7) is 2.64. The quantitative estimate of drug-likeness (QED) is 0.764. The molecule has 17 heavy (non-hydrogen) atoms. The zero-order valence-electron chi connectivity index (χ0n) is 9.89. The van der Waals surface area contributed by atoms with Crippen LogP contribution in [0.2, 0.25) is 0 Å². The summed E-state index contributed by atoms with van der Waals surface area (Å²) in [7, 11) is 0. The molecule has 0 aromatic carbocycles. The third-order valence-corrected chi connectivity index (χ3v) is 3.10. The number of thiocarbonyl (C=S) groups is 1. The van der Waals surface area contributed by atoms with Gasteiger partial charge < -0.3 is 15.7 Å². The lowest BCUT2D eigenvalue weighted by Crippen LogP contribution is -2.32. The number of pyridine rings is 1. The zero-order chi connectivity index (χ0) is 12.4. The molecule has 0 atom stereocenters. The number of hydrogen-bond donors (Lipinski definition) is 2. The van der Waals surface area contributed by atoms with E-state index in [2.05, 4.69) is 9.88 Å². The fourth-order valence-electron chi connectivity index (χ4n) is 1.91. The highest BCUT2D eigenvalue weighted by Crippen LogP contribution is 2.32. The third kappa shape index (κ3) is 2.73. The molecule has 4 nitrogen and oxygen atoms in total. The van der Waals surface area contributed by atoms with Crippen LogP contribution in [0.4, 0.5) is 5.82 Å². The van der Waals surface area contributed by atoms with Crippen molar-refractivity contribution < 1.29 is 5.11 Å². The highest BCUT2D eigenvalue weighted by molar-refractivity contribution is 7.80. The van der Waals surface area contributed by atoms with Crippen LogP contribution in [0, 0.1) is 6.92 Å². The van der Waals surface area contributed by atoms with Gasteiger partial charge in [-0.05, 0) is 31.9 Å². The molecule has 1 saturated carbocycles. The smallest absolute Gasteiger partial charge is 0.139 e. The lowest BCUT2D eigenvalue weighted by Gasteiger charge is -2.25. The van der Waals surface area contributed by atoms with Gasteiger partial charge in [-0.25, -0.2) is 4.98 Å². The predicted octanol–water partition coefficient (Wildman–Crippen LogP) is 0.985. The van der Waals surface area contributed by atoms with E-state index in [4.69, 9.17) is 23.1 Å². The number of aliphatic hydroxyl groups is 1. The second-order valence-corrected chi connectivity index (χ2v) is 4.78. The first kappa shape index (κ1) is 12.3. The third-order valence-electron chi connectivity index (χ3n) is 2.88. The van der Waals surface area contributed by atoms with Gasteiger partial charge in [0.25, 0.3) is 0 Å². The topological polar surface area (TPSA) is 62.4 Å². The number of aryl methyl sites for hydroxylation is 1. The Hall–Kier alpha value is -1.20. The lowest BCUT2D eigenvalue weighted by molar-refractivity contribution is 0.301. The van der Waals surface area contributed by atoms with Gasteiger partial charge in [0.05, 0.1) is 12.2 Å². The molecule has 1 aliphatic carbocycles. The van der Waals surface area contributed by atoms with Gasteiger partial charge in [-0.3, -0.25) is 0 Å². The van der Waals surface area contributed by atoms with E-state index in [-0.39, 0.29) is 6.61 Å². The summed E-state index contributed by atoms with van der Waals surface area (Å²) >= 11 is 5.05. The standard InChI is InChI=1S/C12H17N3OS/c1-8-2-5-10(11(13)17)12(14-8)15(6-7-16)9-3-4-9/h2,5,9,16H,3-4,6-7H2,1H3,(H2,13,17). The summed E-state index contributed by atoms with van der Waals surface area (Å²) < 4.78 is 0. The Kier molecular flexibility index (Phi) is 3.59. The van der Waals surface area contributed by atoms with Crippen LogP contribution in [-0.4, -0.2) is 34.3 Å². The fourth-order valence-corrected chi connectivity index (χ4v) is 2.07. The maximum Gasteiger partial charge on any atom is 0.139 e. The minimum atomic E-state index is 0.114. The molecular weight excluding hydrogens is 234 g/mol. The minimum absolute atomic E-state index is 0.114. The fraction of sp³-hybridized carbons (Fsp3) is 0.500. The van der Waals surface area contributed by atoms with Crippen molar-refractivity contribution in [2.75, 3.05) is 18.1 Å². The summed E-state index contributed by atoms with van der Waals surface area (Å²) in [5.41, 5.74) is 7.45. The van der Waals surface area contributed by atoms with E-state index >= 15 is 0 Å². The Balaban J connectivity index is 2.39. The average molecular weight is 251 g/mol. The molecular formula is C12H17N3OS. The van der Waals surface area contributed by atoms with Crippen molar-refractivity contribution in [3.63, 3.8) is 0 Å². The summed E-state index contributed by atoms with van der Waals surface area (Å²) in [5, 5.41) is 9.14. The van der Waals surface area contributed by atoms with Gasteiger partial charge in [0.15, 0.2) is 0 Å². The zero-order valence-corrected chi connectivity index (χ0v) is 10.7. The van der Waals surface area contributed by atoms with E-state index in [1.54, 1.807) is 0 Å². The van der Waals surface area contributed by atoms with Crippen LogP contribution >= 0.6 is 12.2 Å². The second kappa shape index (κ2) is 4.98. The van der Waals surface area contributed by atoms with E-state index in [1.165, 1.54) is 0 Å². The molecule has 5 heteroatoms. The molecule has 0 saturated heterocycles. The molecule has 1 aromatic heterocycles. The van der Waals surface area contributed by atoms with E-state index in [1.807, 2.05) is 19.1 Å². The van der Waals surface area contributed by atoms with Gasteiger partial charge in [-0.2, -0.15) is 0 Å². The van der Waals surface area contributed by atoms with Gasteiger partial charge >= 0.3 is 0 Å². The van der Waals surface area contributed by atoms with Gasteiger partial charge in [-0.15, -0.1) is 0 Å². The monoisotopic (exact) mass is 251 g/mol. The first-order chi connectivity index (χ1) is 8.13. The molecule has 92 valence electrons. The Labute approximate surface area is 106 Å². The number of hydrogen-bond acceptors (Lipinski definition) is 4. The van der Waals surface area contributed by atoms with Crippen molar-refractivity contribution in [3.8, 4) is 0 Å². The van der Waals surface area contributed by atoms with Crippen LogP contribution < -0.4 is 10.6 Å². The first-order valence-electron chi connectivity index (χ1n) is 5.78. The lowest BCUT2D eigenvalue weighted by atomic mass is 10.2. The summed E-state index contributed by atoms with van der Waals surface area (Å²) in [5.74, 6) is 0.814. The molecule has 0 aliphatic heterocycles. The molecule has 2 rings (SSSR count). The van der Waals surface area contributed by atoms with Gasteiger partial charge in [0.1, 0.15) is 10.8 Å². The SMILES string of the molecule is Cc1ccc(C(N)=S)c(N(CCO)C2CC2)n1. The van der Waals surface area contributed by atoms with E-state index in [9.17, 15) is 0 Å². The molecule has 0 spiro atoms. The van der Waals surface area contributed by atoms with Crippen LogP contribution in [0.25, 0.3) is 0 Å². The van der Waals surface area contributed by atoms with E-state index in [0.717, 1.165) is 29.9 Å². The Morgan fingerprint density at radius 3 is 2.82 bits per heavy atom. The number of anilines is 1. The van der Waals surface area contributed by atoms with Crippen LogP contribution in [-0.2, 0) is 0 Å². The normalized spacial score (nSPS) is 14.7. The summed E-state index contributed by atoms with van der Waals surface area (Å²) in [6, 6.07) is 4.29. The van der Waals surface area contributed by atoms with Crippen LogP contribution in [0.3, 0.4) is 0 Å². The van der Waals surface area contributed by atoms with E-state index < -0.39 is 0 Å². The molecule has 1 aromatic rings. The van der Waals surface area contributed by atoms with Gasteiger partial charge in [0.2, 0.25) is 0 Å². The average Bonchev–Trinajstić information content (AvgIpc) is 3.09. The summed E-state index contributed by atoms with van der Waals surface area (Å²) in [6.07, 6.45) is 2.29. The van der Waals surface area contributed by atoms with Crippen molar-refractivity contribution in [1.82, 2.24) is 4.98 Å². The van der Waals surface area contributed by atoms with Crippen molar-refractivity contribution in [2.45, 2.75) is 25.8 Å². The molecule has 0 amide bonds. The molecule has 3 N–H and O–H groups in total. The van der Waals surface area contributed by atoms with Gasteiger partial charge in [0, 0.05) is 18.3 Å². The van der Waals surface area contributed by atoms with Crippen LogP contribution in [0.15, 0.2) is 12.1 Å². The molecule has 1 heterocycles.